The maximum atomic E-state index is 11.6. The minimum absolute atomic E-state index is 0.0800. The zero-order chi connectivity index (χ0) is 13.4. The van der Waals surface area contributed by atoms with Crippen LogP contribution >= 0.6 is 0 Å². The Kier molecular flexibility index (Phi) is 6.54. The summed E-state index contributed by atoms with van der Waals surface area (Å²) in [7, 11) is 1.39. The van der Waals surface area contributed by atoms with Crippen LogP contribution in [0.2, 0.25) is 0 Å². The molecule has 0 heterocycles. The molecule has 1 aliphatic carbocycles. The number of amides is 2. The lowest BCUT2D eigenvalue weighted by Crippen LogP contribution is -2.45. The van der Waals surface area contributed by atoms with Crippen molar-refractivity contribution in [2.45, 2.75) is 51.5 Å². The molecule has 0 aromatic carbocycles. The van der Waals surface area contributed by atoms with E-state index < -0.39 is 0 Å². The van der Waals surface area contributed by atoms with Gasteiger partial charge in [0, 0.05) is 12.6 Å². The highest BCUT2D eigenvalue weighted by Crippen LogP contribution is 2.26. The molecule has 2 N–H and O–H groups in total. The van der Waals surface area contributed by atoms with Crippen LogP contribution in [0.25, 0.3) is 0 Å². The summed E-state index contributed by atoms with van der Waals surface area (Å²) < 4.78 is 4.75. The Balaban J connectivity index is 2.27. The lowest BCUT2D eigenvalue weighted by Gasteiger charge is -2.19. The van der Waals surface area contributed by atoms with Crippen molar-refractivity contribution in [1.29, 1.82) is 0 Å². The van der Waals surface area contributed by atoms with Gasteiger partial charge in [0.25, 0.3) is 0 Å². The predicted octanol–water partition coefficient (Wildman–Crippen LogP) is 1.82. The minimum Gasteiger partial charge on any atom is -0.469 e. The van der Waals surface area contributed by atoms with E-state index >= 15 is 0 Å². The third kappa shape index (κ3) is 4.55. The molecule has 0 aromatic rings. The number of unbranched alkanes of at least 4 members (excludes halogenated alkanes) is 2. The maximum Gasteiger partial charge on any atom is 0.315 e. The summed E-state index contributed by atoms with van der Waals surface area (Å²) in [5.74, 6) is -0.403. The molecule has 1 rings (SSSR count). The maximum absolute atomic E-state index is 11.6. The van der Waals surface area contributed by atoms with Gasteiger partial charge in [-0.25, -0.2) is 4.79 Å². The van der Waals surface area contributed by atoms with Gasteiger partial charge in [-0.3, -0.25) is 4.79 Å². The first-order chi connectivity index (χ1) is 8.69. The number of hydrogen-bond acceptors (Lipinski definition) is 3. The van der Waals surface area contributed by atoms with E-state index in [2.05, 4.69) is 17.6 Å². The standard InChI is InChI=1S/C13H24N2O3/c1-3-4-5-9-14-13(17)15-11-8-6-7-10(11)12(16)18-2/h10-11H,3-9H2,1-2H3,(H2,14,15,17)/t10-,11+/m0/s1. The van der Waals surface area contributed by atoms with Gasteiger partial charge in [-0.05, 0) is 19.3 Å². The number of carbonyl (C=O) groups excluding carboxylic acids is 2. The number of methoxy groups -OCH3 is 1. The van der Waals surface area contributed by atoms with E-state index in [9.17, 15) is 9.59 Å². The highest BCUT2D eigenvalue weighted by atomic mass is 16.5. The quantitative estimate of drug-likeness (QED) is 0.562. The Bertz CT molecular complexity index is 281. The number of nitrogens with one attached hydrogen (secondary N) is 2. The first-order valence-electron chi connectivity index (χ1n) is 6.81. The molecular formula is C13H24N2O3. The van der Waals surface area contributed by atoms with Crippen LogP contribution in [-0.2, 0) is 9.53 Å². The Hall–Kier alpha value is -1.26. The van der Waals surface area contributed by atoms with E-state index in [1.54, 1.807) is 0 Å². The zero-order valence-corrected chi connectivity index (χ0v) is 11.3. The van der Waals surface area contributed by atoms with Gasteiger partial charge in [0.2, 0.25) is 0 Å². The van der Waals surface area contributed by atoms with Crippen molar-refractivity contribution in [2.24, 2.45) is 5.92 Å². The van der Waals surface area contributed by atoms with E-state index in [-0.39, 0.29) is 24.0 Å². The van der Waals surface area contributed by atoms with Gasteiger partial charge < -0.3 is 15.4 Å². The summed E-state index contributed by atoms with van der Waals surface area (Å²) in [6, 6.07) is -0.254. The third-order valence-corrected chi connectivity index (χ3v) is 3.40. The zero-order valence-electron chi connectivity index (χ0n) is 11.3. The number of rotatable bonds is 6. The molecule has 0 bridgehead atoms. The number of esters is 1. The Morgan fingerprint density at radius 3 is 2.72 bits per heavy atom. The molecule has 0 unspecified atom stereocenters. The monoisotopic (exact) mass is 256 g/mol. The molecule has 5 nitrogen and oxygen atoms in total. The van der Waals surface area contributed by atoms with Crippen LogP contribution in [-0.4, -0.2) is 31.7 Å². The summed E-state index contributed by atoms with van der Waals surface area (Å²) >= 11 is 0. The normalized spacial score (nSPS) is 22.6. The first-order valence-corrected chi connectivity index (χ1v) is 6.81. The molecular weight excluding hydrogens is 232 g/mol. The molecule has 0 saturated heterocycles. The number of carbonyl (C=O) groups is 2. The van der Waals surface area contributed by atoms with E-state index in [1.807, 2.05) is 0 Å². The van der Waals surface area contributed by atoms with E-state index in [1.165, 1.54) is 7.11 Å². The minimum atomic E-state index is -0.219. The van der Waals surface area contributed by atoms with Crippen molar-refractivity contribution in [1.82, 2.24) is 10.6 Å². The fourth-order valence-corrected chi connectivity index (χ4v) is 2.36. The van der Waals surface area contributed by atoms with Crippen molar-refractivity contribution in [3.63, 3.8) is 0 Å². The molecule has 0 aliphatic heterocycles. The van der Waals surface area contributed by atoms with Crippen LogP contribution in [0.3, 0.4) is 0 Å². The molecule has 0 radical (unpaired) electrons. The second-order valence-electron chi connectivity index (χ2n) is 4.77. The van der Waals surface area contributed by atoms with Gasteiger partial charge >= 0.3 is 12.0 Å². The molecule has 1 aliphatic rings. The van der Waals surface area contributed by atoms with Gasteiger partial charge in [0.1, 0.15) is 0 Å². The fourth-order valence-electron chi connectivity index (χ4n) is 2.36. The highest BCUT2D eigenvalue weighted by Gasteiger charge is 2.34. The summed E-state index contributed by atoms with van der Waals surface area (Å²) in [5, 5.41) is 5.69. The topological polar surface area (TPSA) is 67.4 Å². The van der Waals surface area contributed by atoms with Gasteiger partial charge in [-0.2, -0.15) is 0 Å². The van der Waals surface area contributed by atoms with E-state index in [4.69, 9.17) is 4.74 Å². The molecule has 2 atom stereocenters. The van der Waals surface area contributed by atoms with Crippen LogP contribution < -0.4 is 10.6 Å². The Morgan fingerprint density at radius 1 is 1.28 bits per heavy atom. The van der Waals surface area contributed by atoms with Gasteiger partial charge in [0.05, 0.1) is 13.0 Å². The van der Waals surface area contributed by atoms with Crippen molar-refractivity contribution in [3.8, 4) is 0 Å². The molecule has 1 saturated carbocycles. The van der Waals surface area contributed by atoms with Gasteiger partial charge in [-0.1, -0.05) is 26.2 Å². The SMILES string of the molecule is CCCCCNC(=O)N[C@@H]1CCC[C@@H]1C(=O)OC. The smallest absolute Gasteiger partial charge is 0.315 e. The molecule has 5 heteroatoms. The van der Waals surface area contributed by atoms with E-state index in [0.29, 0.717) is 6.54 Å². The lowest BCUT2D eigenvalue weighted by atomic mass is 10.0. The average molecular weight is 256 g/mol. The van der Waals surface area contributed by atoms with Crippen molar-refractivity contribution in [2.75, 3.05) is 13.7 Å². The van der Waals surface area contributed by atoms with E-state index in [0.717, 1.165) is 38.5 Å². The summed E-state index contributed by atoms with van der Waals surface area (Å²) in [6.45, 7) is 2.81. The predicted molar refractivity (Wildman–Crippen MR) is 69.2 cm³/mol. The summed E-state index contributed by atoms with van der Waals surface area (Å²) in [6.07, 6.45) is 5.86. The molecule has 1 fully saturated rings. The Morgan fingerprint density at radius 2 is 2.06 bits per heavy atom. The largest absolute Gasteiger partial charge is 0.469 e. The molecule has 104 valence electrons. The Labute approximate surface area is 109 Å². The molecule has 0 aromatic heterocycles. The fraction of sp³-hybridized carbons (Fsp3) is 0.846. The molecule has 2 amide bonds. The average Bonchev–Trinajstić information content (AvgIpc) is 2.82. The second kappa shape index (κ2) is 7.95. The van der Waals surface area contributed by atoms with Gasteiger partial charge in [-0.15, -0.1) is 0 Å². The number of urea groups is 1. The van der Waals surface area contributed by atoms with Crippen LogP contribution in [0.15, 0.2) is 0 Å². The van der Waals surface area contributed by atoms with Gasteiger partial charge in [0.15, 0.2) is 0 Å². The van der Waals surface area contributed by atoms with Crippen LogP contribution in [0.4, 0.5) is 4.79 Å². The first kappa shape index (κ1) is 14.8. The number of hydrogen-bond donors (Lipinski definition) is 2. The molecule has 0 spiro atoms. The van der Waals surface area contributed by atoms with Crippen LogP contribution in [0, 0.1) is 5.92 Å². The summed E-state index contributed by atoms with van der Waals surface area (Å²) in [5.41, 5.74) is 0. The van der Waals surface area contributed by atoms with Crippen molar-refractivity contribution >= 4 is 12.0 Å². The van der Waals surface area contributed by atoms with Crippen molar-refractivity contribution < 1.29 is 14.3 Å². The van der Waals surface area contributed by atoms with Crippen LogP contribution in [0.1, 0.15) is 45.4 Å². The van der Waals surface area contributed by atoms with Crippen molar-refractivity contribution in [3.05, 3.63) is 0 Å². The highest BCUT2D eigenvalue weighted by molar-refractivity contribution is 5.77. The third-order valence-electron chi connectivity index (χ3n) is 3.40. The number of ether oxygens (including phenoxy) is 1. The summed E-state index contributed by atoms with van der Waals surface area (Å²) in [4.78, 5) is 23.2. The van der Waals surface area contributed by atoms with Crippen LogP contribution in [0.5, 0.6) is 0 Å². The molecule has 18 heavy (non-hydrogen) atoms. The lowest BCUT2D eigenvalue weighted by molar-refractivity contribution is -0.145. The second-order valence-corrected chi connectivity index (χ2v) is 4.77.